The maximum atomic E-state index is 12.0. The first-order valence-corrected chi connectivity index (χ1v) is 8.84. The molecule has 1 aliphatic rings. The van der Waals surface area contributed by atoms with Crippen molar-refractivity contribution in [3.63, 3.8) is 0 Å². The molecule has 25 heavy (non-hydrogen) atoms. The quantitative estimate of drug-likeness (QED) is 0.557. The highest BCUT2D eigenvalue weighted by atomic mass is 16.5. The Morgan fingerprint density at radius 2 is 2.12 bits per heavy atom. The van der Waals surface area contributed by atoms with Crippen LogP contribution in [0.2, 0.25) is 0 Å². The van der Waals surface area contributed by atoms with Crippen LogP contribution in [0.15, 0.2) is 30.5 Å². The predicted molar refractivity (Wildman–Crippen MR) is 96.3 cm³/mol. The molecule has 0 aliphatic heterocycles. The van der Waals surface area contributed by atoms with E-state index in [1.165, 1.54) is 18.1 Å². The number of fused-ring (bicyclic) bond motifs is 1. The molecule has 0 bridgehead atoms. The van der Waals surface area contributed by atoms with E-state index < -0.39 is 0 Å². The first-order valence-electron chi connectivity index (χ1n) is 8.84. The summed E-state index contributed by atoms with van der Waals surface area (Å²) in [5.74, 6) is -0.263. The number of para-hydroxylation sites is 1. The Bertz CT molecular complexity index is 740. The van der Waals surface area contributed by atoms with Crippen LogP contribution in [0.4, 0.5) is 4.79 Å². The summed E-state index contributed by atoms with van der Waals surface area (Å²) in [7, 11) is 1.41. The van der Waals surface area contributed by atoms with Crippen LogP contribution in [0.3, 0.4) is 0 Å². The number of hydrogen-bond acceptors (Lipinski definition) is 3. The molecular formula is C19H25N3O3. The molecule has 0 spiro atoms. The number of aromatic amines is 1. The molecule has 3 N–H and O–H groups in total. The number of H-pyrrole nitrogens is 1. The lowest BCUT2D eigenvalue weighted by atomic mass is 10.1. The predicted octanol–water partition coefficient (Wildman–Crippen LogP) is 2.74. The molecular weight excluding hydrogens is 318 g/mol. The van der Waals surface area contributed by atoms with Crippen LogP contribution < -0.4 is 10.6 Å². The van der Waals surface area contributed by atoms with Crippen LogP contribution >= 0.6 is 0 Å². The van der Waals surface area contributed by atoms with Gasteiger partial charge < -0.3 is 20.4 Å². The van der Waals surface area contributed by atoms with Crippen molar-refractivity contribution in [2.45, 2.75) is 38.1 Å². The second-order valence-electron chi connectivity index (χ2n) is 6.59. The first kappa shape index (κ1) is 17.3. The molecule has 1 heterocycles. The molecule has 134 valence electrons. The number of ether oxygens (including phenoxy) is 1. The van der Waals surface area contributed by atoms with Gasteiger partial charge in [0.15, 0.2) is 0 Å². The molecule has 0 unspecified atom stereocenters. The zero-order valence-corrected chi connectivity index (χ0v) is 14.5. The highest BCUT2D eigenvalue weighted by Crippen LogP contribution is 2.26. The van der Waals surface area contributed by atoms with E-state index in [9.17, 15) is 9.59 Å². The van der Waals surface area contributed by atoms with Gasteiger partial charge in [0.05, 0.1) is 13.0 Å². The monoisotopic (exact) mass is 343 g/mol. The Kier molecular flexibility index (Phi) is 5.58. The van der Waals surface area contributed by atoms with Gasteiger partial charge in [-0.25, -0.2) is 4.79 Å². The zero-order valence-electron chi connectivity index (χ0n) is 14.5. The number of urea groups is 1. The van der Waals surface area contributed by atoms with E-state index in [0.29, 0.717) is 13.0 Å². The molecule has 1 aliphatic carbocycles. The Balaban J connectivity index is 1.36. The van der Waals surface area contributed by atoms with Gasteiger partial charge in [-0.05, 0) is 43.7 Å². The minimum Gasteiger partial charge on any atom is -0.469 e. The highest BCUT2D eigenvalue weighted by Gasteiger charge is 2.31. The fraction of sp³-hybridized carbons (Fsp3) is 0.474. The number of aryl methyl sites for hydroxylation is 1. The van der Waals surface area contributed by atoms with Gasteiger partial charge >= 0.3 is 12.0 Å². The Morgan fingerprint density at radius 1 is 1.28 bits per heavy atom. The van der Waals surface area contributed by atoms with E-state index in [2.05, 4.69) is 27.8 Å². The van der Waals surface area contributed by atoms with Crippen molar-refractivity contribution in [2.24, 2.45) is 5.92 Å². The Labute approximate surface area is 147 Å². The van der Waals surface area contributed by atoms with Crippen molar-refractivity contribution in [1.29, 1.82) is 0 Å². The van der Waals surface area contributed by atoms with Crippen molar-refractivity contribution in [2.75, 3.05) is 13.7 Å². The van der Waals surface area contributed by atoms with Gasteiger partial charge in [0, 0.05) is 29.7 Å². The molecule has 1 saturated carbocycles. The number of nitrogens with one attached hydrogen (secondary N) is 3. The van der Waals surface area contributed by atoms with Gasteiger partial charge in [0.1, 0.15) is 0 Å². The first-order chi connectivity index (χ1) is 12.2. The van der Waals surface area contributed by atoms with E-state index in [-0.39, 0.29) is 24.0 Å². The fourth-order valence-corrected chi connectivity index (χ4v) is 3.55. The van der Waals surface area contributed by atoms with Crippen LogP contribution in [0.1, 0.15) is 31.2 Å². The van der Waals surface area contributed by atoms with Gasteiger partial charge in [-0.15, -0.1) is 0 Å². The number of benzene rings is 1. The average Bonchev–Trinajstić information content (AvgIpc) is 3.25. The van der Waals surface area contributed by atoms with Crippen LogP contribution in [-0.2, 0) is 16.0 Å². The summed E-state index contributed by atoms with van der Waals surface area (Å²) in [6.45, 7) is 0.624. The number of amides is 2. The summed E-state index contributed by atoms with van der Waals surface area (Å²) < 4.78 is 4.76. The van der Waals surface area contributed by atoms with Crippen LogP contribution in [-0.4, -0.2) is 36.7 Å². The lowest BCUT2D eigenvalue weighted by molar-refractivity contribution is -0.145. The van der Waals surface area contributed by atoms with Gasteiger partial charge in [0.25, 0.3) is 0 Å². The third-order valence-corrected chi connectivity index (χ3v) is 4.89. The van der Waals surface area contributed by atoms with Crippen molar-refractivity contribution < 1.29 is 14.3 Å². The molecule has 6 heteroatoms. The normalized spacial score (nSPS) is 19.7. The Morgan fingerprint density at radius 3 is 2.96 bits per heavy atom. The minimum atomic E-state index is -0.177. The van der Waals surface area contributed by atoms with E-state index in [1.54, 1.807) is 0 Å². The topological polar surface area (TPSA) is 83.2 Å². The standard InChI is InChI=1S/C19H25N3O3/c1-25-18(23)13-8-9-15(11-13)22-19(24)20-10-4-5-14-12-21-17-7-3-2-6-16(14)17/h2-3,6-7,12-13,15,21H,4-5,8-11H2,1H3,(H2,20,22,24)/t13-,15+/m0/s1. The highest BCUT2D eigenvalue weighted by molar-refractivity contribution is 5.83. The lowest BCUT2D eigenvalue weighted by Gasteiger charge is -2.13. The van der Waals surface area contributed by atoms with Crippen LogP contribution in [0.25, 0.3) is 10.9 Å². The number of hydrogen-bond donors (Lipinski definition) is 3. The second-order valence-corrected chi connectivity index (χ2v) is 6.59. The van der Waals surface area contributed by atoms with E-state index >= 15 is 0 Å². The third kappa shape index (κ3) is 4.32. The second kappa shape index (κ2) is 8.05. The van der Waals surface area contributed by atoms with Gasteiger partial charge in [0.2, 0.25) is 0 Å². The molecule has 2 atom stereocenters. The number of rotatable bonds is 6. The Hall–Kier alpha value is -2.50. The van der Waals surface area contributed by atoms with Crippen molar-refractivity contribution >= 4 is 22.9 Å². The molecule has 2 amide bonds. The number of esters is 1. The summed E-state index contributed by atoms with van der Waals surface area (Å²) in [5.41, 5.74) is 2.42. The molecule has 0 saturated heterocycles. The van der Waals surface area contributed by atoms with Crippen LogP contribution in [0.5, 0.6) is 0 Å². The summed E-state index contributed by atoms with van der Waals surface area (Å²) in [4.78, 5) is 26.7. The molecule has 2 aromatic rings. The maximum absolute atomic E-state index is 12.0. The molecule has 6 nitrogen and oxygen atoms in total. The van der Waals surface area contributed by atoms with Crippen molar-refractivity contribution in [1.82, 2.24) is 15.6 Å². The third-order valence-electron chi connectivity index (χ3n) is 4.89. The molecule has 3 rings (SSSR count). The van der Waals surface area contributed by atoms with E-state index in [1.807, 2.05) is 18.3 Å². The number of carbonyl (C=O) groups excluding carboxylic acids is 2. The minimum absolute atomic E-state index is 0.0534. The zero-order chi connectivity index (χ0) is 17.6. The van der Waals surface area contributed by atoms with Gasteiger partial charge in [-0.2, -0.15) is 0 Å². The molecule has 1 aromatic heterocycles. The summed E-state index contributed by atoms with van der Waals surface area (Å²) >= 11 is 0. The largest absolute Gasteiger partial charge is 0.469 e. The van der Waals surface area contributed by atoms with Crippen molar-refractivity contribution in [3.05, 3.63) is 36.0 Å². The summed E-state index contributed by atoms with van der Waals surface area (Å²) in [6.07, 6.45) is 6.09. The number of aromatic nitrogens is 1. The van der Waals surface area contributed by atoms with Crippen LogP contribution in [0, 0.1) is 5.92 Å². The fourth-order valence-electron chi connectivity index (χ4n) is 3.55. The number of carbonyl (C=O) groups is 2. The van der Waals surface area contributed by atoms with E-state index in [0.717, 1.165) is 31.2 Å². The van der Waals surface area contributed by atoms with Crippen molar-refractivity contribution in [3.8, 4) is 0 Å². The van der Waals surface area contributed by atoms with Gasteiger partial charge in [-0.1, -0.05) is 18.2 Å². The van der Waals surface area contributed by atoms with E-state index in [4.69, 9.17) is 4.74 Å². The summed E-state index contributed by atoms with van der Waals surface area (Å²) in [6, 6.07) is 8.12. The maximum Gasteiger partial charge on any atom is 0.315 e. The molecule has 1 aromatic carbocycles. The lowest BCUT2D eigenvalue weighted by Crippen LogP contribution is -2.41. The van der Waals surface area contributed by atoms with Gasteiger partial charge in [-0.3, -0.25) is 4.79 Å². The smallest absolute Gasteiger partial charge is 0.315 e. The molecule has 1 fully saturated rings. The SMILES string of the molecule is COC(=O)[C@H]1CC[C@@H](NC(=O)NCCCc2c[nH]c3ccccc23)C1. The average molecular weight is 343 g/mol. The number of methoxy groups -OCH3 is 1. The summed E-state index contributed by atoms with van der Waals surface area (Å²) in [5, 5.41) is 7.09. The molecule has 0 radical (unpaired) electrons.